The van der Waals surface area contributed by atoms with Crippen LogP contribution in [0.25, 0.3) is 11.1 Å². The number of anilines is 1. The van der Waals surface area contributed by atoms with Crippen molar-refractivity contribution < 1.29 is 4.39 Å². The van der Waals surface area contributed by atoms with Crippen molar-refractivity contribution in [1.82, 2.24) is 4.98 Å². The van der Waals surface area contributed by atoms with Crippen LogP contribution < -0.4 is 5.73 Å². The van der Waals surface area contributed by atoms with Crippen molar-refractivity contribution in [2.24, 2.45) is 0 Å². The molecule has 0 amide bonds. The number of hydrogen-bond donors (Lipinski definition) is 1. The molecular weight excluding hydrogens is 179 g/mol. The minimum atomic E-state index is -0.309. The largest absolute Gasteiger partial charge is 0.399 e. The number of nitrogens with two attached hydrogens (primary N) is 1. The number of nitrogens with zero attached hydrogens (tertiary/aromatic N) is 1. The molecule has 1 aromatic carbocycles. The van der Waals surface area contributed by atoms with Gasteiger partial charge in [-0.25, -0.2) is 4.39 Å². The van der Waals surface area contributed by atoms with Gasteiger partial charge in [0.2, 0.25) is 0 Å². The van der Waals surface area contributed by atoms with Crippen molar-refractivity contribution in [1.29, 1.82) is 0 Å². The Kier molecular flexibility index (Phi) is 2.14. The summed E-state index contributed by atoms with van der Waals surface area (Å²) >= 11 is 0. The van der Waals surface area contributed by atoms with Gasteiger partial charge in [-0.2, -0.15) is 0 Å². The predicted molar refractivity (Wildman–Crippen MR) is 54.0 cm³/mol. The average Bonchev–Trinajstić information content (AvgIpc) is 2.19. The van der Waals surface area contributed by atoms with Crippen molar-refractivity contribution >= 4 is 5.69 Å². The van der Waals surface area contributed by atoms with E-state index in [1.165, 1.54) is 6.07 Å². The molecule has 1 heterocycles. The van der Waals surface area contributed by atoms with E-state index in [1.54, 1.807) is 36.7 Å². The van der Waals surface area contributed by atoms with Gasteiger partial charge in [-0.1, -0.05) is 0 Å². The second kappa shape index (κ2) is 3.46. The van der Waals surface area contributed by atoms with E-state index in [4.69, 9.17) is 5.73 Å². The highest BCUT2D eigenvalue weighted by atomic mass is 19.1. The van der Waals surface area contributed by atoms with Gasteiger partial charge in [-0.05, 0) is 35.9 Å². The first-order valence-corrected chi connectivity index (χ1v) is 4.23. The van der Waals surface area contributed by atoms with Crippen molar-refractivity contribution in [3.05, 3.63) is 48.5 Å². The van der Waals surface area contributed by atoms with E-state index in [2.05, 4.69) is 4.98 Å². The van der Waals surface area contributed by atoms with Gasteiger partial charge in [0.25, 0.3) is 0 Å². The fourth-order valence-corrected chi connectivity index (χ4v) is 1.30. The molecule has 2 rings (SSSR count). The van der Waals surface area contributed by atoms with E-state index in [0.717, 1.165) is 5.56 Å². The second-order valence-corrected chi connectivity index (χ2v) is 2.98. The Morgan fingerprint density at radius 2 is 1.79 bits per heavy atom. The minimum absolute atomic E-state index is 0.309. The molecule has 0 spiro atoms. The molecule has 2 nitrogen and oxygen atoms in total. The third-order valence-electron chi connectivity index (χ3n) is 1.98. The quantitative estimate of drug-likeness (QED) is 0.698. The van der Waals surface area contributed by atoms with Crippen LogP contribution >= 0.6 is 0 Å². The van der Waals surface area contributed by atoms with E-state index in [9.17, 15) is 4.39 Å². The van der Waals surface area contributed by atoms with Crippen LogP contribution in [0.1, 0.15) is 0 Å². The van der Waals surface area contributed by atoms with Crippen LogP contribution in [0.5, 0.6) is 0 Å². The molecule has 0 saturated heterocycles. The Hall–Kier alpha value is -1.90. The lowest BCUT2D eigenvalue weighted by Gasteiger charge is -2.03. The molecule has 0 saturated carbocycles. The number of hydrogen-bond acceptors (Lipinski definition) is 2. The lowest BCUT2D eigenvalue weighted by atomic mass is 10.1. The highest BCUT2D eigenvalue weighted by Gasteiger charge is 2.03. The zero-order valence-electron chi connectivity index (χ0n) is 7.44. The molecule has 70 valence electrons. The monoisotopic (exact) mass is 188 g/mol. The van der Waals surface area contributed by atoms with Gasteiger partial charge in [-0.15, -0.1) is 0 Å². The molecule has 0 aliphatic heterocycles. The average molecular weight is 188 g/mol. The summed E-state index contributed by atoms with van der Waals surface area (Å²) in [6.07, 6.45) is 3.26. The van der Waals surface area contributed by atoms with E-state index in [1.807, 2.05) is 0 Å². The Balaban J connectivity index is 2.53. The van der Waals surface area contributed by atoms with Gasteiger partial charge in [0.1, 0.15) is 5.82 Å². The topological polar surface area (TPSA) is 38.9 Å². The SMILES string of the molecule is Nc1ccc(-c2ccncc2)c(F)c1. The minimum Gasteiger partial charge on any atom is -0.399 e. The van der Waals surface area contributed by atoms with Crippen LogP contribution in [0.2, 0.25) is 0 Å². The standard InChI is InChI=1S/C11H9FN2/c12-11-7-9(13)1-2-10(11)8-3-5-14-6-4-8/h1-7H,13H2. The highest BCUT2D eigenvalue weighted by Crippen LogP contribution is 2.23. The first-order valence-electron chi connectivity index (χ1n) is 4.23. The van der Waals surface area contributed by atoms with Crippen LogP contribution in [0, 0.1) is 5.82 Å². The lowest BCUT2D eigenvalue weighted by molar-refractivity contribution is 0.632. The molecule has 2 N–H and O–H groups in total. The summed E-state index contributed by atoms with van der Waals surface area (Å²) in [6, 6.07) is 8.18. The van der Waals surface area contributed by atoms with Gasteiger partial charge in [0.05, 0.1) is 0 Å². The maximum atomic E-state index is 13.4. The molecule has 0 aliphatic carbocycles. The van der Waals surface area contributed by atoms with E-state index in [-0.39, 0.29) is 5.82 Å². The van der Waals surface area contributed by atoms with Crippen LogP contribution in [0.15, 0.2) is 42.7 Å². The molecule has 0 aliphatic rings. The molecule has 0 unspecified atom stereocenters. The second-order valence-electron chi connectivity index (χ2n) is 2.98. The molecule has 3 heteroatoms. The molecule has 2 aromatic rings. The van der Waals surface area contributed by atoms with E-state index < -0.39 is 0 Å². The van der Waals surface area contributed by atoms with Gasteiger partial charge in [0, 0.05) is 23.6 Å². The maximum Gasteiger partial charge on any atom is 0.133 e. The number of pyridine rings is 1. The van der Waals surface area contributed by atoms with Gasteiger partial charge >= 0.3 is 0 Å². The van der Waals surface area contributed by atoms with Crippen molar-refractivity contribution in [3.63, 3.8) is 0 Å². The number of nitrogen functional groups attached to an aromatic ring is 1. The number of aromatic nitrogens is 1. The predicted octanol–water partition coefficient (Wildman–Crippen LogP) is 2.47. The Morgan fingerprint density at radius 3 is 2.43 bits per heavy atom. The van der Waals surface area contributed by atoms with Crippen molar-refractivity contribution in [2.45, 2.75) is 0 Å². The van der Waals surface area contributed by atoms with Gasteiger partial charge < -0.3 is 5.73 Å². The summed E-state index contributed by atoms with van der Waals surface area (Å²) in [6.45, 7) is 0. The van der Waals surface area contributed by atoms with E-state index >= 15 is 0 Å². The lowest BCUT2D eigenvalue weighted by Crippen LogP contribution is -1.89. The van der Waals surface area contributed by atoms with Crippen LogP contribution in [0.3, 0.4) is 0 Å². The zero-order chi connectivity index (χ0) is 9.97. The normalized spacial score (nSPS) is 10.1. The molecule has 0 bridgehead atoms. The van der Waals surface area contributed by atoms with E-state index in [0.29, 0.717) is 11.3 Å². The molecular formula is C11H9FN2. The fraction of sp³-hybridized carbons (Fsp3) is 0. The Morgan fingerprint density at radius 1 is 1.07 bits per heavy atom. The molecule has 14 heavy (non-hydrogen) atoms. The van der Waals surface area contributed by atoms with Crippen LogP contribution in [-0.2, 0) is 0 Å². The first-order chi connectivity index (χ1) is 6.77. The van der Waals surface area contributed by atoms with Crippen LogP contribution in [0.4, 0.5) is 10.1 Å². The Labute approximate surface area is 81.2 Å². The molecule has 0 radical (unpaired) electrons. The van der Waals surface area contributed by atoms with Gasteiger partial charge in [0.15, 0.2) is 0 Å². The van der Waals surface area contributed by atoms with Crippen molar-refractivity contribution in [2.75, 3.05) is 5.73 Å². The summed E-state index contributed by atoms with van der Waals surface area (Å²) < 4.78 is 13.4. The number of halogens is 1. The third-order valence-corrected chi connectivity index (χ3v) is 1.98. The fourth-order valence-electron chi connectivity index (χ4n) is 1.30. The summed E-state index contributed by atoms with van der Waals surface area (Å²) in [5, 5.41) is 0. The molecule has 1 aromatic heterocycles. The van der Waals surface area contributed by atoms with Crippen molar-refractivity contribution in [3.8, 4) is 11.1 Å². The number of benzene rings is 1. The summed E-state index contributed by atoms with van der Waals surface area (Å²) in [7, 11) is 0. The summed E-state index contributed by atoms with van der Waals surface area (Å²) in [4.78, 5) is 3.87. The Bertz CT molecular complexity index is 440. The number of rotatable bonds is 1. The zero-order valence-corrected chi connectivity index (χ0v) is 7.44. The smallest absolute Gasteiger partial charge is 0.133 e. The summed E-state index contributed by atoms with van der Waals surface area (Å²) in [5.41, 5.74) is 7.23. The molecule has 0 atom stereocenters. The van der Waals surface area contributed by atoms with Crippen LogP contribution in [-0.4, -0.2) is 4.98 Å². The maximum absolute atomic E-state index is 13.4. The highest BCUT2D eigenvalue weighted by molar-refractivity contribution is 5.65. The molecule has 0 fully saturated rings. The summed E-state index contributed by atoms with van der Waals surface area (Å²) in [5.74, 6) is -0.309. The van der Waals surface area contributed by atoms with Gasteiger partial charge in [-0.3, -0.25) is 4.98 Å². The first kappa shape index (κ1) is 8.69. The third kappa shape index (κ3) is 1.57.